The fraction of sp³-hybridized carbons (Fsp3) is 0.400. The first-order valence-electron chi connectivity index (χ1n) is 6.46. The van der Waals surface area contributed by atoms with Crippen LogP contribution < -0.4 is 0 Å². The van der Waals surface area contributed by atoms with E-state index in [1.165, 1.54) is 12.1 Å². The Morgan fingerprint density at radius 2 is 2.10 bits per heavy atom. The molecule has 0 bridgehead atoms. The van der Waals surface area contributed by atoms with Gasteiger partial charge < -0.3 is 0 Å². The number of halogens is 3. The molecular formula is C15H15F3N2. The first-order valence-corrected chi connectivity index (χ1v) is 6.46. The van der Waals surface area contributed by atoms with Gasteiger partial charge in [-0.15, -0.1) is 0 Å². The molecule has 0 atom stereocenters. The molecule has 1 aliphatic heterocycles. The maximum Gasteiger partial charge on any atom is 0.416 e. The fourth-order valence-electron chi connectivity index (χ4n) is 2.28. The highest BCUT2D eigenvalue weighted by Gasteiger charge is 2.30. The molecule has 1 heterocycles. The summed E-state index contributed by atoms with van der Waals surface area (Å²) >= 11 is 0. The Morgan fingerprint density at radius 3 is 2.70 bits per heavy atom. The Balaban J connectivity index is 2.10. The van der Waals surface area contributed by atoms with Crippen LogP contribution >= 0.6 is 0 Å². The maximum atomic E-state index is 12.7. The van der Waals surface area contributed by atoms with Crippen LogP contribution in [-0.2, 0) is 6.18 Å². The molecule has 106 valence electrons. The molecule has 1 aromatic carbocycles. The van der Waals surface area contributed by atoms with Gasteiger partial charge in [0.1, 0.15) is 0 Å². The third-order valence-corrected chi connectivity index (χ3v) is 3.39. The number of rotatable bonds is 3. The number of hydrogen-bond acceptors (Lipinski definition) is 2. The zero-order valence-electron chi connectivity index (χ0n) is 11.0. The van der Waals surface area contributed by atoms with Gasteiger partial charge in [-0.2, -0.15) is 18.4 Å². The molecule has 0 unspecified atom stereocenters. The maximum absolute atomic E-state index is 12.7. The van der Waals surface area contributed by atoms with Crippen molar-refractivity contribution in [3.05, 3.63) is 41.5 Å². The molecule has 0 saturated heterocycles. The average molecular weight is 280 g/mol. The minimum Gasteiger partial charge on any atom is -0.298 e. The molecule has 5 heteroatoms. The van der Waals surface area contributed by atoms with Crippen molar-refractivity contribution in [2.45, 2.75) is 19.0 Å². The highest BCUT2D eigenvalue weighted by Crippen LogP contribution is 2.32. The van der Waals surface area contributed by atoms with Crippen molar-refractivity contribution >= 4 is 5.57 Å². The molecule has 0 saturated carbocycles. The van der Waals surface area contributed by atoms with Gasteiger partial charge in [0.15, 0.2) is 0 Å². The summed E-state index contributed by atoms with van der Waals surface area (Å²) in [4.78, 5) is 2.13. The molecular weight excluding hydrogens is 265 g/mol. The second-order valence-corrected chi connectivity index (χ2v) is 4.77. The second-order valence-electron chi connectivity index (χ2n) is 4.77. The van der Waals surface area contributed by atoms with E-state index in [0.29, 0.717) is 31.5 Å². The van der Waals surface area contributed by atoms with Crippen molar-refractivity contribution in [2.75, 3.05) is 19.6 Å². The summed E-state index contributed by atoms with van der Waals surface area (Å²) in [5.41, 5.74) is 0.979. The fourth-order valence-corrected chi connectivity index (χ4v) is 2.28. The topological polar surface area (TPSA) is 27.0 Å². The average Bonchev–Trinajstić information content (AvgIpc) is 2.45. The van der Waals surface area contributed by atoms with Crippen molar-refractivity contribution in [2.24, 2.45) is 0 Å². The summed E-state index contributed by atoms with van der Waals surface area (Å²) in [7, 11) is 0. The smallest absolute Gasteiger partial charge is 0.298 e. The predicted molar refractivity (Wildman–Crippen MR) is 70.7 cm³/mol. The number of benzene rings is 1. The molecule has 1 aromatic rings. The van der Waals surface area contributed by atoms with Crippen LogP contribution in [0.3, 0.4) is 0 Å². The predicted octanol–water partition coefficient (Wildman–Crippen LogP) is 3.71. The summed E-state index contributed by atoms with van der Waals surface area (Å²) in [5.74, 6) is 0. The first kappa shape index (κ1) is 14.6. The molecule has 0 N–H and O–H groups in total. The van der Waals surface area contributed by atoms with Crippen molar-refractivity contribution in [1.82, 2.24) is 4.90 Å². The largest absolute Gasteiger partial charge is 0.416 e. The number of nitrogens with zero attached hydrogens (tertiary/aromatic N) is 2. The monoisotopic (exact) mass is 280 g/mol. The van der Waals surface area contributed by atoms with Crippen LogP contribution in [0.15, 0.2) is 30.3 Å². The van der Waals surface area contributed by atoms with Gasteiger partial charge in [0, 0.05) is 26.1 Å². The number of hydrogen-bond donors (Lipinski definition) is 0. The summed E-state index contributed by atoms with van der Waals surface area (Å²) < 4.78 is 38.0. The van der Waals surface area contributed by atoms with Crippen LogP contribution in [0, 0.1) is 11.3 Å². The summed E-state index contributed by atoms with van der Waals surface area (Å²) in [6.07, 6.45) is -1.15. The van der Waals surface area contributed by atoms with Gasteiger partial charge >= 0.3 is 6.18 Å². The molecule has 2 nitrogen and oxygen atoms in total. The van der Waals surface area contributed by atoms with Gasteiger partial charge in [-0.1, -0.05) is 18.2 Å². The van der Waals surface area contributed by atoms with Crippen molar-refractivity contribution in [1.29, 1.82) is 5.26 Å². The molecule has 0 aromatic heterocycles. The summed E-state index contributed by atoms with van der Waals surface area (Å²) in [6.45, 7) is 2.18. The van der Waals surface area contributed by atoms with Crippen molar-refractivity contribution in [3.63, 3.8) is 0 Å². The van der Waals surface area contributed by atoms with E-state index in [0.717, 1.165) is 18.2 Å². The van der Waals surface area contributed by atoms with Gasteiger partial charge in [0.2, 0.25) is 0 Å². The van der Waals surface area contributed by atoms with E-state index in [4.69, 9.17) is 5.26 Å². The molecule has 20 heavy (non-hydrogen) atoms. The Kier molecular flexibility index (Phi) is 4.46. The van der Waals surface area contributed by atoms with Gasteiger partial charge in [0.25, 0.3) is 0 Å². The van der Waals surface area contributed by atoms with Crippen LogP contribution in [0.1, 0.15) is 24.0 Å². The zero-order chi connectivity index (χ0) is 14.6. The standard InChI is InChI=1S/C15H15F3N2/c16-15(17,18)14-4-1-3-13(11-14)12-5-9-20(10-6-12)8-2-7-19/h1,3-5,11H,2,6,8-10H2. The molecule has 0 fully saturated rings. The van der Waals surface area contributed by atoms with Crippen molar-refractivity contribution < 1.29 is 13.2 Å². The number of nitriles is 1. The van der Waals surface area contributed by atoms with Crippen LogP contribution in [0.4, 0.5) is 13.2 Å². The van der Waals surface area contributed by atoms with Crippen LogP contribution in [0.2, 0.25) is 0 Å². The molecule has 1 aliphatic rings. The van der Waals surface area contributed by atoms with Gasteiger partial charge in [0.05, 0.1) is 11.6 Å². The molecule has 0 amide bonds. The van der Waals surface area contributed by atoms with E-state index < -0.39 is 11.7 Å². The van der Waals surface area contributed by atoms with Crippen molar-refractivity contribution in [3.8, 4) is 6.07 Å². The highest BCUT2D eigenvalue weighted by atomic mass is 19.4. The second kappa shape index (κ2) is 6.10. The lowest BCUT2D eigenvalue weighted by molar-refractivity contribution is -0.137. The lowest BCUT2D eigenvalue weighted by Crippen LogP contribution is -2.29. The van der Waals surface area contributed by atoms with Crippen LogP contribution in [-0.4, -0.2) is 24.5 Å². The Hall–Kier alpha value is -1.80. The number of alkyl halides is 3. The van der Waals surface area contributed by atoms with E-state index in [1.54, 1.807) is 6.07 Å². The van der Waals surface area contributed by atoms with Crippen LogP contribution in [0.25, 0.3) is 5.57 Å². The van der Waals surface area contributed by atoms with E-state index >= 15 is 0 Å². The van der Waals surface area contributed by atoms with E-state index in [-0.39, 0.29) is 0 Å². The molecule has 0 aliphatic carbocycles. The Morgan fingerprint density at radius 1 is 1.30 bits per heavy atom. The van der Waals surface area contributed by atoms with E-state index in [1.807, 2.05) is 6.08 Å². The van der Waals surface area contributed by atoms with Crippen LogP contribution in [0.5, 0.6) is 0 Å². The van der Waals surface area contributed by atoms with Gasteiger partial charge in [-0.25, -0.2) is 0 Å². The van der Waals surface area contributed by atoms with E-state index in [9.17, 15) is 13.2 Å². The Labute approximate surface area is 116 Å². The molecule has 0 spiro atoms. The van der Waals surface area contributed by atoms with E-state index in [2.05, 4.69) is 11.0 Å². The molecule has 2 rings (SSSR count). The quantitative estimate of drug-likeness (QED) is 0.844. The minimum atomic E-state index is -4.30. The molecule has 0 radical (unpaired) electrons. The van der Waals surface area contributed by atoms with Gasteiger partial charge in [-0.3, -0.25) is 4.90 Å². The zero-order valence-corrected chi connectivity index (χ0v) is 11.0. The first-order chi connectivity index (χ1) is 9.50. The normalized spacial score (nSPS) is 16.6. The summed E-state index contributed by atoms with van der Waals surface area (Å²) in [6, 6.07) is 7.55. The highest BCUT2D eigenvalue weighted by molar-refractivity contribution is 5.67. The third kappa shape index (κ3) is 3.61. The summed E-state index contributed by atoms with van der Waals surface area (Å²) in [5, 5.41) is 8.54. The third-order valence-electron chi connectivity index (χ3n) is 3.39. The Bertz CT molecular complexity index is 541. The lowest BCUT2D eigenvalue weighted by atomic mass is 9.97. The van der Waals surface area contributed by atoms with Gasteiger partial charge in [-0.05, 0) is 29.7 Å². The minimum absolute atomic E-state index is 0.479. The lowest BCUT2D eigenvalue weighted by Gasteiger charge is -2.25. The SMILES string of the molecule is N#CCCN1CC=C(c2cccc(C(F)(F)F)c2)CC1.